The van der Waals surface area contributed by atoms with Crippen LogP contribution in [0.1, 0.15) is 25.0 Å². The molecule has 1 aromatic carbocycles. The molecule has 0 spiro atoms. The largest absolute Gasteiger partial charge is 0.326 e. The van der Waals surface area contributed by atoms with Crippen LogP contribution in [0.2, 0.25) is 0 Å². The minimum atomic E-state index is -3.63. The fourth-order valence-corrected chi connectivity index (χ4v) is 5.67. The summed E-state index contributed by atoms with van der Waals surface area (Å²) in [5.41, 5.74) is 1.46. The molecular weight excluding hydrogens is 366 g/mol. The molecule has 1 N–H and O–H groups in total. The third-order valence-electron chi connectivity index (χ3n) is 5.26. The summed E-state index contributed by atoms with van der Waals surface area (Å²) >= 11 is 0. The van der Waals surface area contributed by atoms with E-state index in [0.29, 0.717) is 25.3 Å². The molecule has 7 nitrogen and oxygen atoms in total. The minimum Gasteiger partial charge on any atom is -0.326 e. The van der Waals surface area contributed by atoms with Gasteiger partial charge >= 0.3 is 0 Å². The zero-order chi connectivity index (χ0) is 19.2. The SMILES string of the molecule is CC(=O)Nc1ccc(S(=O)(=O)N2C[C@H]3C[C@H](C2)c2cccc(=O)n2C3)cc1. The number of carbonyl (C=O) groups is 1. The van der Waals surface area contributed by atoms with Crippen molar-refractivity contribution in [1.82, 2.24) is 8.87 Å². The van der Waals surface area contributed by atoms with Crippen LogP contribution in [0.25, 0.3) is 0 Å². The average molecular weight is 387 g/mol. The molecule has 1 amide bonds. The minimum absolute atomic E-state index is 0.0212. The Hall–Kier alpha value is -2.45. The molecule has 27 heavy (non-hydrogen) atoms. The fraction of sp³-hybridized carbons (Fsp3) is 0.368. The van der Waals surface area contributed by atoms with Gasteiger partial charge in [-0.1, -0.05) is 6.07 Å². The summed E-state index contributed by atoms with van der Waals surface area (Å²) in [4.78, 5) is 23.4. The van der Waals surface area contributed by atoms with Gasteiger partial charge in [-0.2, -0.15) is 4.31 Å². The lowest BCUT2D eigenvalue weighted by atomic mass is 9.84. The van der Waals surface area contributed by atoms with Gasteiger partial charge in [-0.15, -0.1) is 0 Å². The van der Waals surface area contributed by atoms with Crippen LogP contribution in [0.4, 0.5) is 5.69 Å². The number of fused-ring (bicyclic) bond motifs is 4. The van der Waals surface area contributed by atoms with Gasteiger partial charge in [0.1, 0.15) is 0 Å². The molecule has 0 aliphatic carbocycles. The van der Waals surface area contributed by atoms with Gasteiger partial charge in [-0.25, -0.2) is 8.42 Å². The van der Waals surface area contributed by atoms with Crippen molar-refractivity contribution < 1.29 is 13.2 Å². The number of carbonyl (C=O) groups excluding carboxylic acids is 1. The first kappa shape index (κ1) is 17.9. The second-order valence-electron chi connectivity index (χ2n) is 7.23. The number of sulfonamides is 1. The first-order valence-electron chi connectivity index (χ1n) is 8.92. The number of amides is 1. The Morgan fingerprint density at radius 3 is 2.52 bits per heavy atom. The summed E-state index contributed by atoms with van der Waals surface area (Å²) in [7, 11) is -3.63. The summed E-state index contributed by atoms with van der Waals surface area (Å²) in [6.45, 7) is 2.74. The van der Waals surface area contributed by atoms with Crippen molar-refractivity contribution in [3.8, 4) is 0 Å². The molecule has 2 atom stereocenters. The Morgan fingerprint density at radius 1 is 1.07 bits per heavy atom. The van der Waals surface area contributed by atoms with E-state index in [1.807, 2.05) is 6.07 Å². The Balaban J connectivity index is 1.61. The maximum atomic E-state index is 13.1. The normalized spacial score (nSPS) is 22.1. The molecule has 2 bridgehead atoms. The molecule has 8 heteroatoms. The lowest BCUT2D eigenvalue weighted by Gasteiger charge is -2.42. The zero-order valence-electron chi connectivity index (χ0n) is 15.0. The van der Waals surface area contributed by atoms with Crippen molar-refractivity contribution in [3.63, 3.8) is 0 Å². The monoisotopic (exact) mass is 387 g/mol. The van der Waals surface area contributed by atoms with Crippen molar-refractivity contribution in [2.24, 2.45) is 5.92 Å². The lowest BCUT2D eigenvalue weighted by Crippen LogP contribution is -2.48. The molecule has 1 aromatic heterocycles. The molecule has 3 heterocycles. The van der Waals surface area contributed by atoms with Crippen LogP contribution in [-0.4, -0.2) is 36.3 Å². The molecule has 4 rings (SSSR count). The summed E-state index contributed by atoms with van der Waals surface area (Å²) in [5.74, 6) is -0.0482. The van der Waals surface area contributed by atoms with E-state index in [-0.39, 0.29) is 28.2 Å². The van der Waals surface area contributed by atoms with Gasteiger partial charge in [0.15, 0.2) is 0 Å². The first-order chi connectivity index (χ1) is 12.8. The third-order valence-corrected chi connectivity index (χ3v) is 7.10. The molecule has 1 fully saturated rings. The standard InChI is InChI=1S/C19H21N3O4S/c1-13(23)20-16-5-7-17(8-6-16)27(25,26)21-10-14-9-15(12-21)18-3-2-4-19(24)22(18)11-14/h2-8,14-15H,9-12H2,1H3,(H,20,23)/t14-,15-/m1/s1. The number of pyridine rings is 1. The van der Waals surface area contributed by atoms with Gasteiger partial charge in [0.25, 0.3) is 5.56 Å². The van der Waals surface area contributed by atoms with Crippen molar-refractivity contribution in [1.29, 1.82) is 0 Å². The second kappa shape index (κ2) is 6.61. The smallest absolute Gasteiger partial charge is 0.250 e. The molecule has 1 saturated heterocycles. The predicted octanol–water partition coefficient (Wildman–Crippen LogP) is 1.61. The van der Waals surface area contributed by atoms with Crippen LogP contribution in [0.15, 0.2) is 52.2 Å². The molecule has 0 unspecified atom stereocenters. The molecule has 2 aliphatic heterocycles. The summed E-state index contributed by atoms with van der Waals surface area (Å²) in [6, 6.07) is 11.4. The van der Waals surface area contributed by atoms with Crippen LogP contribution in [0, 0.1) is 5.92 Å². The molecule has 2 aromatic rings. The Bertz CT molecular complexity index is 1040. The topological polar surface area (TPSA) is 88.5 Å². The maximum absolute atomic E-state index is 13.1. The van der Waals surface area contributed by atoms with Crippen LogP contribution in [0.3, 0.4) is 0 Å². The molecule has 2 aliphatic rings. The number of anilines is 1. The fourth-order valence-electron chi connectivity index (χ4n) is 4.11. The van der Waals surface area contributed by atoms with Gasteiger partial charge in [-0.05, 0) is 42.7 Å². The highest BCUT2D eigenvalue weighted by Crippen LogP contribution is 2.37. The average Bonchev–Trinajstić information content (AvgIpc) is 2.62. The molecule has 0 radical (unpaired) electrons. The highest BCUT2D eigenvalue weighted by atomic mass is 32.2. The van der Waals surface area contributed by atoms with Crippen LogP contribution >= 0.6 is 0 Å². The zero-order valence-corrected chi connectivity index (χ0v) is 15.8. The van der Waals surface area contributed by atoms with Crippen LogP contribution in [-0.2, 0) is 21.4 Å². The van der Waals surface area contributed by atoms with E-state index >= 15 is 0 Å². The third kappa shape index (κ3) is 3.30. The van der Waals surface area contributed by atoms with Crippen molar-refractivity contribution in [3.05, 3.63) is 58.5 Å². The Labute approximate surface area is 157 Å². The molecule has 0 saturated carbocycles. The first-order valence-corrected chi connectivity index (χ1v) is 10.4. The molecular formula is C19H21N3O4S. The van der Waals surface area contributed by atoms with Gasteiger partial charge in [0.2, 0.25) is 15.9 Å². The van der Waals surface area contributed by atoms with Gasteiger partial charge < -0.3 is 9.88 Å². The predicted molar refractivity (Wildman–Crippen MR) is 101 cm³/mol. The highest BCUT2D eigenvalue weighted by molar-refractivity contribution is 7.89. The summed E-state index contributed by atoms with van der Waals surface area (Å²) in [5, 5.41) is 2.63. The second-order valence-corrected chi connectivity index (χ2v) is 9.16. The Morgan fingerprint density at radius 2 is 1.81 bits per heavy atom. The number of benzene rings is 1. The quantitative estimate of drug-likeness (QED) is 0.867. The van der Waals surface area contributed by atoms with Crippen molar-refractivity contribution >= 4 is 21.6 Å². The lowest BCUT2D eigenvalue weighted by molar-refractivity contribution is -0.114. The van der Waals surface area contributed by atoms with E-state index in [1.165, 1.54) is 23.4 Å². The van der Waals surface area contributed by atoms with E-state index in [0.717, 1.165) is 12.1 Å². The Kier molecular flexibility index (Phi) is 4.39. The van der Waals surface area contributed by atoms with E-state index in [1.54, 1.807) is 28.8 Å². The van der Waals surface area contributed by atoms with E-state index in [2.05, 4.69) is 5.32 Å². The number of nitrogens with one attached hydrogen (secondary N) is 1. The number of nitrogens with zero attached hydrogens (tertiary/aromatic N) is 2. The van der Waals surface area contributed by atoms with Crippen LogP contribution in [0.5, 0.6) is 0 Å². The number of hydrogen-bond acceptors (Lipinski definition) is 4. The number of hydrogen-bond donors (Lipinski definition) is 1. The number of piperidine rings is 1. The van der Waals surface area contributed by atoms with E-state index in [4.69, 9.17) is 0 Å². The van der Waals surface area contributed by atoms with Gasteiger partial charge in [0, 0.05) is 49.9 Å². The van der Waals surface area contributed by atoms with Crippen LogP contribution < -0.4 is 10.9 Å². The van der Waals surface area contributed by atoms with E-state index in [9.17, 15) is 18.0 Å². The van der Waals surface area contributed by atoms with E-state index < -0.39 is 10.0 Å². The van der Waals surface area contributed by atoms with Gasteiger partial charge in [0.05, 0.1) is 4.90 Å². The number of rotatable bonds is 3. The molecule has 142 valence electrons. The maximum Gasteiger partial charge on any atom is 0.250 e. The summed E-state index contributed by atoms with van der Waals surface area (Å²) in [6.07, 6.45) is 0.900. The number of aromatic nitrogens is 1. The summed E-state index contributed by atoms with van der Waals surface area (Å²) < 4.78 is 29.5. The highest BCUT2D eigenvalue weighted by Gasteiger charge is 2.39. The van der Waals surface area contributed by atoms with Crippen molar-refractivity contribution in [2.75, 3.05) is 18.4 Å². The van der Waals surface area contributed by atoms with Gasteiger partial charge in [-0.3, -0.25) is 9.59 Å². The van der Waals surface area contributed by atoms with Crippen molar-refractivity contribution in [2.45, 2.75) is 30.7 Å².